The number of aromatic nitrogens is 2. The standard InChI is InChI=1S/C15H14BrN3S/c1-2-17-14(15-10(16)7-8-20-15)13-9-18-11-5-3-4-6-12(11)19-13/h3-9,14,17H,2H2,1H3. The summed E-state index contributed by atoms with van der Waals surface area (Å²) in [4.78, 5) is 10.5. The molecule has 3 rings (SSSR count). The summed E-state index contributed by atoms with van der Waals surface area (Å²) in [5, 5.41) is 5.57. The third-order valence-electron chi connectivity index (χ3n) is 3.08. The van der Waals surface area contributed by atoms with Crippen LogP contribution in [0.2, 0.25) is 0 Å². The molecule has 0 aliphatic heterocycles. The first-order valence-corrected chi connectivity index (χ1v) is 8.15. The Kier molecular flexibility index (Phi) is 4.10. The Morgan fingerprint density at radius 1 is 1.25 bits per heavy atom. The smallest absolute Gasteiger partial charge is 0.0891 e. The maximum Gasteiger partial charge on any atom is 0.0891 e. The van der Waals surface area contributed by atoms with Crippen molar-refractivity contribution in [3.63, 3.8) is 0 Å². The predicted octanol–water partition coefficient (Wildman–Crippen LogP) is 4.15. The number of hydrogen-bond donors (Lipinski definition) is 1. The number of fused-ring (bicyclic) bond motifs is 1. The predicted molar refractivity (Wildman–Crippen MR) is 87.1 cm³/mol. The van der Waals surface area contributed by atoms with Gasteiger partial charge in [0, 0.05) is 9.35 Å². The lowest BCUT2D eigenvalue weighted by atomic mass is 10.1. The number of nitrogens with zero attached hydrogens (tertiary/aromatic N) is 2. The molecule has 0 fully saturated rings. The zero-order valence-corrected chi connectivity index (χ0v) is 13.4. The summed E-state index contributed by atoms with van der Waals surface area (Å²) >= 11 is 5.33. The molecule has 102 valence electrons. The van der Waals surface area contributed by atoms with Gasteiger partial charge in [-0.05, 0) is 46.1 Å². The molecule has 0 amide bonds. The molecule has 1 unspecified atom stereocenters. The van der Waals surface area contributed by atoms with Crippen molar-refractivity contribution in [3.05, 3.63) is 57.0 Å². The number of para-hydroxylation sites is 2. The fourth-order valence-corrected chi connectivity index (χ4v) is 3.85. The third kappa shape index (κ3) is 2.61. The number of hydrogen-bond acceptors (Lipinski definition) is 4. The Bertz CT molecular complexity index is 726. The molecule has 0 saturated carbocycles. The molecule has 1 aromatic carbocycles. The van der Waals surface area contributed by atoms with Crippen LogP contribution in [0.1, 0.15) is 23.5 Å². The molecule has 0 aliphatic carbocycles. The molecule has 3 nitrogen and oxygen atoms in total. The van der Waals surface area contributed by atoms with Gasteiger partial charge >= 0.3 is 0 Å². The van der Waals surface area contributed by atoms with Gasteiger partial charge in [-0.15, -0.1) is 11.3 Å². The Hall–Kier alpha value is -1.30. The lowest BCUT2D eigenvalue weighted by Gasteiger charge is -2.16. The van der Waals surface area contributed by atoms with Crippen LogP contribution < -0.4 is 5.32 Å². The normalized spacial score (nSPS) is 12.7. The molecule has 3 aromatic rings. The van der Waals surface area contributed by atoms with Crippen molar-refractivity contribution in [2.24, 2.45) is 0 Å². The highest BCUT2D eigenvalue weighted by Crippen LogP contribution is 2.32. The van der Waals surface area contributed by atoms with Gasteiger partial charge < -0.3 is 5.32 Å². The average Bonchev–Trinajstić information content (AvgIpc) is 2.90. The van der Waals surface area contributed by atoms with Gasteiger partial charge in [0.05, 0.1) is 29.0 Å². The van der Waals surface area contributed by atoms with E-state index in [1.165, 1.54) is 4.88 Å². The summed E-state index contributed by atoms with van der Waals surface area (Å²) in [5.41, 5.74) is 2.81. The van der Waals surface area contributed by atoms with Crippen LogP contribution in [0.25, 0.3) is 11.0 Å². The number of benzene rings is 1. The van der Waals surface area contributed by atoms with Crippen LogP contribution in [0.4, 0.5) is 0 Å². The van der Waals surface area contributed by atoms with Crippen molar-refractivity contribution in [3.8, 4) is 0 Å². The van der Waals surface area contributed by atoms with E-state index >= 15 is 0 Å². The molecule has 1 N–H and O–H groups in total. The number of rotatable bonds is 4. The quantitative estimate of drug-likeness (QED) is 0.770. The number of thiophene rings is 1. The van der Waals surface area contributed by atoms with E-state index < -0.39 is 0 Å². The zero-order chi connectivity index (χ0) is 13.9. The molecule has 0 spiro atoms. The first-order chi connectivity index (χ1) is 9.79. The van der Waals surface area contributed by atoms with Gasteiger partial charge in [0.15, 0.2) is 0 Å². The van der Waals surface area contributed by atoms with E-state index in [0.717, 1.165) is 27.7 Å². The molecule has 0 bridgehead atoms. The number of nitrogens with one attached hydrogen (secondary N) is 1. The lowest BCUT2D eigenvalue weighted by molar-refractivity contribution is 0.622. The van der Waals surface area contributed by atoms with Crippen LogP contribution in [0.15, 0.2) is 46.4 Å². The van der Waals surface area contributed by atoms with E-state index in [1.54, 1.807) is 11.3 Å². The molecule has 1 atom stereocenters. The van der Waals surface area contributed by atoms with Gasteiger partial charge in [-0.2, -0.15) is 0 Å². The molecular formula is C15H14BrN3S. The van der Waals surface area contributed by atoms with Crippen molar-refractivity contribution in [2.45, 2.75) is 13.0 Å². The van der Waals surface area contributed by atoms with Gasteiger partial charge in [0.2, 0.25) is 0 Å². The summed E-state index contributed by atoms with van der Waals surface area (Å²) in [6, 6.07) is 10.1. The van der Waals surface area contributed by atoms with E-state index in [-0.39, 0.29) is 6.04 Å². The van der Waals surface area contributed by atoms with Crippen molar-refractivity contribution >= 4 is 38.3 Å². The minimum absolute atomic E-state index is 0.0754. The summed E-state index contributed by atoms with van der Waals surface area (Å²) in [6.07, 6.45) is 1.86. The molecule has 0 saturated heterocycles. The van der Waals surface area contributed by atoms with Crippen molar-refractivity contribution in [1.29, 1.82) is 0 Å². The molecule has 5 heteroatoms. The third-order valence-corrected chi connectivity index (χ3v) is 5.01. The van der Waals surface area contributed by atoms with Gasteiger partial charge in [-0.25, -0.2) is 4.98 Å². The SMILES string of the molecule is CCNC(c1cnc2ccccc2n1)c1sccc1Br. The molecular weight excluding hydrogens is 334 g/mol. The van der Waals surface area contributed by atoms with Gasteiger partial charge in [0.25, 0.3) is 0 Å². The first kappa shape index (κ1) is 13.7. The summed E-state index contributed by atoms with van der Waals surface area (Å²) < 4.78 is 1.11. The zero-order valence-electron chi connectivity index (χ0n) is 11.0. The summed E-state index contributed by atoms with van der Waals surface area (Å²) in [7, 11) is 0. The van der Waals surface area contributed by atoms with Crippen LogP contribution in [-0.4, -0.2) is 16.5 Å². The van der Waals surface area contributed by atoms with Gasteiger partial charge in [0.1, 0.15) is 0 Å². The Morgan fingerprint density at radius 3 is 2.75 bits per heavy atom. The minimum atomic E-state index is 0.0754. The van der Waals surface area contributed by atoms with Crippen molar-refractivity contribution < 1.29 is 0 Å². The highest BCUT2D eigenvalue weighted by Gasteiger charge is 2.19. The Balaban J connectivity index is 2.07. The fraction of sp³-hybridized carbons (Fsp3) is 0.200. The largest absolute Gasteiger partial charge is 0.304 e. The second kappa shape index (κ2) is 5.99. The van der Waals surface area contributed by atoms with Gasteiger partial charge in [-0.3, -0.25) is 4.98 Å². The first-order valence-electron chi connectivity index (χ1n) is 6.47. The highest BCUT2D eigenvalue weighted by atomic mass is 79.9. The van der Waals surface area contributed by atoms with Crippen molar-refractivity contribution in [1.82, 2.24) is 15.3 Å². The summed E-state index contributed by atoms with van der Waals surface area (Å²) in [5.74, 6) is 0. The second-order valence-electron chi connectivity index (χ2n) is 4.41. The van der Waals surface area contributed by atoms with Crippen LogP contribution in [0, 0.1) is 0 Å². The van der Waals surface area contributed by atoms with E-state index in [1.807, 2.05) is 30.5 Å². The Labute approximate surface area is 130 Å². The molecule has 20 heavy (non-hydrogen) atoms. The average molecular weight is 348 g/mol. The monoisotopic (exact) mass is 347 g/mol. The lowest BCUT2D eigenvalue weighted by Crippen LogP contribution is -2.22. The van der Waals surface area contributed by atoms with E-state index in [2.05, 4.69) is 44.6 Å². The van der Waals surface area contributed by atoms with Crippen LogP contribution in [-0.2, 0) is 0 Å². The second-order valence-corrected chi connectivity index (χ2v) is 6.21. The molecule has 0 aliphatic rings. The highest BCUT2D eigenvalue weighted by molar-refractivity contribution is 9.10. The minimum Gasteiger partial charge on any atom is -0.304 e. The molecule has 2 heterocycles. The maximum absolute atomic E-state index is 4.75. The van der Waals surface area contributed by atoms with Crippen LogP contribution >= 0.6 is 27.3 Å². The van der Waals surface area contributed by atoms with E-state index in [4.69, 9.17) is 4.98 Å². The topological polar surface area (TPSA) is 37.8 Å². The van der Waals surface area contributed by atoms with Crippen molar-refractivity contribution in [2.75, 3.05) is 6.54 Å². The summed E-state index contributed by atoms with van der Waals surface area (Å²) in [6.45, 7) is 2.98. The van der Waals surface area contributed by atoms with Crippen LogP contribution in [0.5, 0.6) is 0 Å². The van der Waals surface area contributed by atoms with Gasteiger partial charge in [-0.1, -0.05) is 19.1 Å². The van der Waals surface area contributed by atoms with Crippen LogP contribution in [0.3, 0.4) is 0 Å². The van der Waals surface area contributed by atoms with E-state index in [9.17, 15) is 0 Å². The number of halogens is 1. The molecule has 0 radical (unpaired) electrons. The molecule has 2 aromatic heterocycles. The fourth-order valence-electron chi connectivity index (χ4n) is 2.16. The maximum atomic E-state index is 4.75. The van der Waals surface area contributed by atoms with E-state index in [0.29, 0.717) is 0 Å². The Morgan fingerprint density at radius 2 is 2.05 bits per heavy atom.